The molecule has 1 aliphatic heterocycles. The van der Waals surface area contributed by atoms with Crippen molar-refractivity contribution in [1.82, 2.24) is 0 Å². The van der Waals surface area contributed by atoms with Gasteiger partial charge in [-0.1, -0.05) is 6.07 Å². The maximum absolute atomic E-state index is 12.0. The normalized spacial score (nSPS) is 13.9. The monoisotopic (exact) mass is 368 g/mol. The Morgan fingerprint density at radius 1 is 1.07 bits per heavy atom. The van der Waals surface area contributed by atoms with Crippen molar-refractivity contribution in [3.63, 3.8) is 0 Å². The van der Waals surface area contributed by atoms with Crippen molar-refractivity contribution in [3.8, 4) is 5.75 Å². The molecule has 0 radical (unpaired) electrons. The molecule has 1 saturated heterocycles. The van der Waals surface area contributed by atoms with Crippen LogP contribution in [0.5, 0.6) is 5.75 Å². The van der Waals surface area contributed by atoms with Crippen molar-refractivity contribution < 1.29 is 19.4 Å². The summed E-state index contributed by atoms with van der Waals surface area (Å²) in [6, 6.07) is 12.3. The topological polar surface area (TPSA) is 78.9 Å². The van der Waals surface area contributed by atoms with Gasteiger partial charge in [0.25, 0.3) is 5.91 Å². The summed E-state index contributed by atoms with van der Waals surface area (Å²) in [5.41, 5.74) is 2.66. The number of amides is 1. The van der Waals surface area contributed by atoms with Crippen LogP contribution in [0, 0.1) is 6.92 Å². The number of aromatic hydroxyl groups is 1. The summed E-state index contributed by atoms with van der Waals surface area (Å²) < 4.78 is 4.98. The van der Waals surface area contributed by atoms with E-state index < -0.39 is 18.5 Å². The molecule has 0 aromatic heterocycles. The molecule has 1 heterocycles. The van der Waals surface area contributed by atoms with Crippen molar-refractivity contribution in [2.45, 2.75) is 26.2 Å². The molecule has 6 heteroatoms. The number of carbonyl (C=O) groups excluding carboxylic acids is 2. The highest BCUT2D eigenvalue weighted by Gasteiger charge is 2.15. The third-order valence-corrected chi connectivity index (χ3v) is 4.58. The summed E-state index contributed by atoms with van der Waals surface area (Å²) in [6.45, 7) is 3.51. The van der Waals surface area contributed by atoms with Gasteiger partial charge >= 0.3 is 5.97 Å². The Hall–Kier alpha value is -3.02. The molecular formula is C21H24N2O4. The molecular weight excluding hydrogens is 344 g/mol. The number of nitrogens with zero attached hydrogens (tertiary/aromatic N) is 1. The molecule has 0 bridgehead atoms. The van der Waals surface area contributed by atoms with Gasteiger partial charge in [-0.3, -0.25) is 4.79 Å². The lowest BCUT2D eigenvalue weighted by molar-refractivity contribution is -0.119. The van der Waals surface area contributed by atoms with Crippen LogP contribution in [0.2, 0.25) is 0 Å². The van der Waals surface area contributed by atoms with Gasteiger partial charge in [0, 0.05) is 24.5 Å². The largest absolute Gasteiger partial charge is 0.507 e. The molecule has 1 amide bonds. The second kappa shape index (κ2) is 8.58. The molecule has 6 nitrogen and oxygen atoms in total. The van der Waals surface area contributed by atoms with Gasteiger partial charge in [0.05, 0.1) is 0 Å². The number of hydrogen-bond acceptors (Lipinski definition) is 5. The number of rotatable bonds is 5. The second-order valence-electron chi connectivity index (χ2n) is 6.74. The van der Waals surface area contributed by atoms with Crippen molar-refractivity contribution in [2.75, 3.05) is 29.9 Å². The summed E-state index contributed by atoms with van der Waals surface area (Å²) in [7, 11) is 0. The SMILES string of the molecule is Cc1ccc(C(=O)OCC(=O)Nc2ccc(N3CCCCC3)cc2)c(O)c1. The van der Waals surface area contributed by atoms with Crippen LogP contribution in [0.15, 0.2) is 42.5 Å². The number of piperidine rings is 1. The number of hydrogen-bond donors (Lipinski definition) is 2. The number of carbonyl (C=O) groups is 2. The van der Waals surface area contributed by atoms with Crippen LogP contribution < -0.4 is 10.2 Å². The maximum atomic E-state index is 12.0. The second-order valence-corrected chi connectivity index (χ2v) is 6.74. The molecule has 27 heavy (non-hydrogen) atoms. The van der Waals surface area contributed by atoms with E-state index in [2.05, 4.69) is 10.2 Å². The van der Waals surface area contributed by atoms with E-state index in [-0.39, 0.29) is 11.3 Å². The van der Waals surface area contributed by atoms with Gasteiger partial charge in [0.2, 0.25) is 0 Å². The number of nitrogens with one attached hydrogen (secondary N) is 1. The van der Waals surface area contributed by atoms with E-state index in [0.717, 1.165) is 24.3 Å². The Labute approximate surface area is 158 Å². The fraction of sp³-hybridized carbons (Fsp3) is 0.333. The van der Waals surface area contributed by atoms with Gasteiger partial charge in [-0.2, -0.15) is 0 Å². The molecule has 2 aromatic rings. The van der Waals surface area contributed by atoms with Crippen molar-refractivity contribution >= 4 is 23.3 Å². The molecule has 0 spiro atoms. The van der Waals surface area contributed by atoms with Gasteiger partial charge in [0.15, 0.2) is 6.61 Å². The van der Waals surface area contributed by atoms with Crippen LogP contribution in [-0.4, -0.2) is 36.7 Å². The van der Waals surface area contributed by atoms with E-state index in [9.17, 15) is 14.7 Å². The summed E-state index contributed by atoms with van der Waals surface area (Å²) >= 11 is 0. The fourth-order valence-corrected chi connectivity index (χ4v) is 3.13. The first-order valence-electron chi connectivity index (χ1n) is 9.14. The number of ether oxygens (including phenoxy) is 1. The highest BCUT2D eigenvalue weighted by molar-refractivity contribution is 5.96. The minimum Gasteiger partial charge on any atom is -0.507 e. The van der Waals surface area contributed by atoms with Crippen molar-refractivity contribution in [2.24, 2.45) is 0 Å². The third kappa shape index (κ3) is 5.00. The summed E-state index contributed by atoms with van der Waals surface area (Å²) in [5.74, 6) is -1.32. The average Bonchev–Trinajstić information content (AvgIpc) is 2.67. The van der Waals surface area contributed by atoms with E-state index in [1.54, 1.807) is 13.0 Å². The first-order valence-corrected chi connectivity index (χ1v) is 9.14. The molecule has 2 aromatic carbocycles. The average molecular weight is 368 g/mol. The number of phenolic OH excluding ortho intramolecular Hbond substituents is 1. The Balaban J connectivity index is 1.50. The Morgan fingerprint density at radius 2 is 1.78 bits per heavy atom. The molecule has 3 rings (SSSR count). The third-order valence-electron chi connectivity index (χ3n) is 4.58. The van der Waals surface area contributed by atoms with Crippen LogP contribution in [0.1, 0.15) is 35.2 Å². The van der Waals surface area contributed by atoms with Crippen LogP contribution in [0.3, 0.4) is 0 Å². The Bertz CT molecular complexity index is 811. The summed E-state index contributed by atoms with van der Waals surface area (Å²) in [6.07, 6.45) is 3.70. The van der Waals surface area contributed by atoms with Gasteiger partial charge in [0.1, 0.15) is 11.3 Å². The highest BCUT2D eigenvalue weighted by Crippen LogP contribution is 2.22. The Kier molecular flexibility index (Phi) is 5.96. The van der Waals surface area contributed by atoms with E-state index in [1.807, 2.05) is 24.3 Å². The van der Waals surface area contributed by atoms with E-state index >= 15 is 0 Å². The molecule has 0 saturated carbocycles. The van der Waals surface area contributed by atoms with Gasteiger partial charge in [-0.25, -0.2) is 4.79 Å². The van der Waals surface area contributed by atoms with E-state index in [4.69, 9.17) is 4.74 Å². The molecule has 0 unspecified atom stereocenters. The Morgan fingerprint density at radius 3 is 2.44 bits per heavy atom. The first kappa shape index (κ1) is 18.8. The molecule has 0 aliphatic carbocycles. The molecule has 1 fully saturated rings. The zero-order chi connectivity index (χ0) is 19.2. The molecule has 142 valence electrons. The quantitative estimate of drug-likeness (QED) is 0.790. The van der Waals surface area contributed by atoms with Crippen LogP contribution in [0.25, 0.3) is 0 Å². The number of benzene rings is 2. The zero-order valence-electron chi connectivity index (χ0n) is 15.4. The number of aryl methyl sites for hydroxylation is 1. The smallest absolute Gasteiger partial charge is 0.342 e. The standard InChI is InChI=1S/C21H24N2O4/c1-15-5-10-18(19(24)13-15)21(26)27-14-20(25)22-16-6-8-17(9-7-16)23-11-3-2-4-12-23/h5-10,13,24H,2-4,11-12,14H2,1H3,(H,22,25). The van der Waals surface area contributed by atoms with Crippen molar-refractivity contribution in [1.29, 1.82) is 0 Å². The van der Waals surface area contributed by atoms with Crippen LogP contribution in [-0.2, 0) is 9.53 Å². The fourth-order valence-electron chi connectivity index (χ4n) is 3.13. The van der Waals surface area contributed by atoms with Crippen LogP contribution >= 0.6 is 0 Å². The minimum atomic E-state index is -0.733. The van der Waals surface area contributed by atoms with Gasteiger partial charge < -0.3 is 20.1 Å². The number of phenols is 1. The number of anilines is 2. The van der Waals surface area contributed by atoms with Gasteiger partial charge in [-0.05, 0) is 68.1 Å². The zero-order valence-corrected chi connectivity index (χ0v) is 15.4. The summed E-state index contributed by atoms with van der Waals surface area (Å²) in [4.78, 5) is 26.3. The molecule has 2 N–H and O–H groups in total. The van der Waals surface area contributed by atoms with E-state index in [1.165, 1.54) is 31.4 Å². The lowest BCUT2D eigenvalue weighted by Crippen LogP contribution is -2.29. The minimum absolute atomic E-state index is 0.0410. The molecule has 1 aliphatic rings. The molecule has 0 atom stereocenters. The lowest BCUT2D eigenvalue weighted by atomic mass is 10.1. The number of esters is 1. The predicted octanol–water partition coefficient (Wildman–Crippen LogP) is 3.49. The van der Waals surface area contributed by atoms with Gasteiger partial charge in [-0.15, -0.1) is 0 Å². The van der Waals surface area contributed by atoms with E-state index in [0.29, 0.717) is 5.69 Å². The summed E-state index contributed by atoms with van der Waals surface area (Å²) in [5, 5.41) is 12.5. The highest BCUT2D eigenvalue weighted by atomic mass is 16.5. The predicted molar refractivity (Wildman–Crippen MR) is 104 cm³/mol. The van der Waals surface area contributed by atoms with Crippen molar-refractivity contribution in [3.05, 3.63) is 53.6 Å². The first-order chi connectivity index (χ1) is 13.0. The van der Waals surface area contributed by atoms with Crippen LogP contribution in [0.4, 0.5) is 11.4 Å². The maximum Gasteiger partial charge on any atom is 0.342 e. The lowest BCUT2D eigenvalue weighted by Gasteiger charge is -2.28.